The van der Waals surface area contributed by atoms with Gasteiger partial charge in [0, 0.05) is 17.5 Å². The lowest BCUT2D eigenvalue weighted by molar-refractivity contribution is -0.141. The average molecular weight is 360 g/mol. The second-order valence-corrected chi connectivity index (χ2v) is 6.56. The molecule has 1 unspecified atom stereocenters. The van der Waals surface area contributed by atoms with Gasteiger partial charge in [-0.05, 0) is 36.1 Å². The van der Waals surface area contributed by atoms with Crippen molar-refractivity contribution in [1.29, 1.82) is 0 Å². The maximum atomic E-state index is 13.9. The Morgan fingerprint density at radius 3 is 2.85 bits per heavy atom. The minimum absolute atomic E-state index is 0.0317. The Labute approximate surface area is 149 Å². The van der Waals surface area contributed by atoms with Gasteiger partial charge in [0.15, 0.2) is 11.6 Å². The number of fused-ring (bicyclic) bond motifs is 2. The smallest absolute Gasteiger partial charge is 0.306 e. The predicted molar refractivity (Wildman–Crippen MR) is 89.4 cm³/mol. The maximum absolute atomic E-state index is 13.9. The van der Waals surface area contributed by atoms with Crippen LogP contribution in [0.15, 0.2) is 30.3 Å². The molecular formula is C20H18F2O4. The molecule has 1 aliphatic carbocycles. The third-order valence-corrected chi connectivity index (χ3v) is 5.02. The van der Waals surface area contributed by atoms with Gasteiger partial charge >= 0.3 is 5.97 Å². The first-order valence-corrected chi connectivity index (χ1v) is 8.54. The molecule has 6 heteroatoms. The molecule has 4 rings (SSSR count). The first-order chi connectivity index (χ1) is 12.6. The standard InChI is InChI=1S/C20H18F2O4/c1-24-19(23)8-11-10-25-18-9-12(2-3-13(11)18)26-17-7-5-15-14(17)4-6-16(21)20(15)22/h2-4,6,9,11,17H,5,7-8,10H2,1H3/t11?,17-/m1/s1. The number of esters is 1. The topological polar surface area (TPSA) is 44.8 Å². The SMILES string of the molecule is COC(=O)CC1COc2cc(O[C@@H]3CCc4c3ccc(F)c4F)ccc21. The van der Waals surface area contributed by atoms with E-state index in [-0.39, 0.29) is 24.4 Å². The Bertz CT molecular complexity index is 865. The van der Waals surface area contributed by atoms with Gasteiger partial charge in [-0.15, -0.1) is 0 Å². The zero-order valence-corrected chi connectivity index (χ0v) is 14.3. The number of carbonyl (C=O) groups is 1. The summed E-state index contributed by atoms with van der Waals surface area (Å²) in [4.78, 5) is 11.5. The Balaban J connectivity index is 1.52. The van der Waals surface area contributed by atoms with E-state index in [1.807, 2.05) is 12.1 Å². The van der Waals surface area contributed by atoms with Crippen molar-refractivity contribution in [3.8, 4) is 11.5 Å². The van der Waals surface area contributed by atoms with Gasteiger partial charge in [-0.25, -0.2) is 8.78 Å². The minimum Gasteiger partial charge on any atom is -0.492 e. The zero-order valence-electron chi connectivity index (χ0n) is 14.3. The predicted octanol–water partition coefficient (Wildman–Crippen LogP) is 4.07. The summed E-state index contributed by atoms with van der Waals surface area (Å²) in [5.41, 5.74) is 2.03. The lowest BCUT2D eigenvalue weighted by Gasteiger charge is -2.16. The summed E-state index contributed by atoms with van der Waals surface area (Å²) in [5, 5.41) is 0. The van der Waals surface area contributed by atoms with E-state index < -0.39 is 11.6 Å². The normalized spacial score (nSPS) is 20.3. The highest BCUT2D eigenvalue weighted by Gasteiger charge is 2.30. The molecule has 0 saturated heterocycles. The number of halogens is 2. The number of carbonyl (C=O) groups excluding carboxylic acids is 1. The molecule has 0 radical (unpaired) electrons. The molecule has 2 aromatic rings. The van der Waals surface area contributed by atoms with Crippen LogP contribution in [0.4, 0.5) is 8.78 Å². The monoisotopic (exact) mass is 360 g/mol. The van der Waals surface area contributed by atoms with E-state index in [4.69, 9.17) is 14.2 Å². The maximum Gasteiger partial charge on any atom is 0.306 e. The molecule has 0 saturated carbocycles. The fourth-order valence-electron chi connectivity index (χ4n) is 3.66. The average Bonchev–Trinajstić information content (AvgIpc) is 3.23. The Morgan fingerprint density at radius 1 is 1.23 bits per heavy atom. The van der Waals surface area contributed by atoms with Crippen LogP contribution in [0.5, 0.6) is 11.5 Å². The van der Waals surface area contributed by atoms with Gasteiger partial charge in [-0.1, -0.05) is 12.1 Å². The molecule has 136 valence electrons. The van der Waals surface area contributed by atoms with Gasteiger partial charge in [0.2, 0.25) is 0 Å². The number of benzene rings is 2. The van der Waals surface area contributed by atoms with Gasteiger partial charge < -0.3 is 14.2 Å². The molecule has 26 heavy (non-hydrogen) atoms. The highest BCUT2D eigenvalue weighted by molar-refractivity contribution is 5.71. The van der Waals surface area contributed by atoms with Crippen molar-refractivity contribution in [2.24, 2.45) is 0 Å². The van der Waals surface area contributed by atoms with E-state index in [9.17, 15) is 13.6 Å². The van der Waals surface area contributed by atoms with Crippen molar-refractivity contribution >= 4 is 5.97 Å². The van der Waals surface area contributed by atoms with E-state index in [1.165, 1.54) is 7.11 Å². The van der Waals surface area contributed by atoms with Gasteiger partial charge in [-0.3, -0.25) is 4.79 Å². The molecule has 0 N–H and O–H groups in total. The fourth-order valence-corrected chi connectivity index (χ4v) is 3.66. The number of hydrogen-bond acceptors (Lipinski definition) is 4. The van der Waals surface area contributed by atoms with Crippen LogP contribution in [0.1, 0.15) is 41.6 Å². The summed E-state index contributed by atoms with van der Waals surface area (Å²) < 4.78 is 43.6. The molecule has 2 aliphatic rings. The summed E-state index contributed by atoms with van der Waals surface area (Å²) in [6.07, 6.45) is 1.00. The zero-order chi connectivity index (χ0) is 18.3. The molecule has 0 amide bonds. The second kappa shape index (κ2) is 6.59. The Morgan fingerprint density at radius 2 is 2.04 bits per heavy atom. The van der Waals surface area contributed by atoms with Crippen LogP contribution >= 0.6 is 0 Å². The number of methoxy groups -OCH3 is 1. The molecule has 4 nitrogen and oxygen atoms in total. The quantitative estimate of drug-likeness (QED) is 0.771. The molecule has 0 aromatic heterocycles. The summed E-state index contributed by atoms with van der Waals surface area (Å²) in [6.45, 7) is 0.421. The minimum atomic E-state index is -0.827. The highest BCUT2D eigenvalue weighted by Crippen LogP contribution is 2.41. The van der Waals surface area contributed by atoms with E-state index >= 15 is 0 Å². The molecule has 2 atom stereocenters. The van der Waals surface area contributed by atoms with Crippen molar-refractivity contribution in [3.05, 3.63) is 58.7 Å². The van der Waals surface area contributed by atoms with Crippen LogP contribution < -0.4 is 9.47 Å². The van der Waals surface area contributed by atoms with Crippen LogP contribution in [-0.2, 0) is 16.0 Å². The summed E-state index contributed by atoms with van der Waals surface area (Å²) in [7, 11) is 1.37. The van der Waals surface area contributed by atoms with E-state index in [1.54, 1.807) is 12.1 Å². The molecule has 0 fully saturated rings. The number of hydrogen-bond donors (Lipinski definition) is 0. The number of ether oxygens (including phenoxy) is 3. The van der Waals surface area contributed by atoms with E-state index in [2.05, 4.69) is 0 Å². The first kappa shape index (κ1) is 16.8. The van der Waals surface area contributed by atoms with E-state index in [0.717, 1.165) is 11.6 Å². The van der Waals surface area contributed by atoms with Gasteiger partial charge in [0.1, 0.15) is 17.6 Å². The second-order valence-electron chi connectivity index (χ2n) is 6.56. The Hall–Kier alpha value is -2.63. The van der Waals surface area contributed by atoms with Crippen LogP contribution in [0.25, 0.3) is 0 Å². The largest absolute Gasteiger partial charge is 0.492 e. The van der Waals surface area contributed by atoms with Crippen molar-refractivity contribution in [2.75, 3.05) is 13.7 Å². The third kappa shape index (κ3) is 2.89. The van der Waals surface area contributed by atoms with Crippen LogP contribution in [0.2, 0.25) is 0 Å². The fraction of sp³-hybridized carbons (Fsp3) is 0.350. The molecule has 0 spiro atoms. The van der Waals surface area contributed by atoms with Crippen molar-refractivity contribution in [3.63, 3.8) is 0 Å². The molecule has 1 aliphatic heterocycles. The van der Waals surface area contributed by atoms with Crippen molar-refractivity contribution in [1.82, 2.24) is 0 Å². The summed E-state index contributed by atoms with van der Waals surface area (Å²) in [6, 6.07) is 8.20. The first-order valence-electron chi connectivity index (χ1n) is 8.54. The van der Waals surface area contributed by atoms with Gasteiger partial charge in [-0.2, -0.15) is 0 Å². The van der Waals surface area contributed by atoms with Crippen molar-refractivity contribution in [2.45, 2.75) is 31.3 Å². The number of rotatable bonds is 4. The van der Waals surface area contributed by atoms with Crippen LogP contribution in [0.3, 0.4) is 0 Å². The molecule has 2 aromatic carbocycles. The van der Waals surface area contributed by atoms with Crippen LogP contribution in [0, 0.1) is 11.6 Å². The summed E-state index contributed by atoms with van der Waals surface area (Å²) in [5.74, 6) is -0.632. The van der Waals surface area contributed by atoms with E-state index in [0.29, 0.717) is 42.1 Å². The van der Waals surface area contributed by atoms with Crippen molar-refractivity contribution < 1.29 is 27.8 Å². The lowest BCUT2D eigenvalue weighted by Crippen LogP contribution is -2.09. The highest BCUT2D eigenvalue weighted by atomic mass is 19.2. The van der Waals surface area contributed by atoms with Gasteiger partial charge in [0.25, 0.3) is 0 Å². The van der Waals surface area contributed by atoms with Crippen LogP contribution in [-0.4, -0.2) is 19.7 Å². The molecular weight excluding hydrogens is 342 g/mol. The molecule has 1 heterocycles. The third-order valence-electron chi connectivity index (χ3n) is 5.02. The summed E-state index contributed by atoms with van der Waals surface area (Å²) >= 11 is 0. The lowest BCUT2D eigenvalue weighted by atomic mass is 9.98. The molecule has 0 bridgehead atoms. The Kier molecular flexibility index (Phi) is 4.26. The van der Waals surface area contributed by atoms with Gasteiger partial charge in [0.05, 0.1) is 20.1 Å².